The highest BCUT2D eigenvalue weighted by Crippen LogP contribution is 2.34. The second kappa shape index (κ2) is 14.6. The summed E-state index contributed by atoms with van der Waals surface area (Å²) in [4.78, 5) is 13.7. The van der Waals surface area contributed by atoms with Gasteiger partial charge in [0.2, 0.25) is 5.75 Å². The molecule has 3 aromatic rings. The maximum atomic E-state index is 13.7. The van der Waals surface area contributed by atoms with E-state index in [9.17, 15) is 4.79 Å². The fourth-order valence-electron chi connectivity index (χ4n) is 4.71. The Morgan fingerprint density at radius 3 is 2.39 bits per heavy atom. The Hall–Kier alpha value is -2.95. The van der Waals surface area contributed by atoms with Crippen LogP contribution in [0, 0.1) is 5.92 Å². The minimum Gasteiger partial charge on any atom is -0.492 e. The molecule has 1 aromatic heterocycles. The van der Waals surface area contributed by atoms with Crippen molar-refractivity contribution in [3.05, 3.63) is 64.4 Å². The van der Waals surface area contributed by atoms with Crippen LogP contribution in [0.4, 0.5) is 5.69 Å². The zero-order valence-corrected chi connectivity index (χ0v) is 22.6. The summed E-state index contributed by atoms with van der Waals surface area (Å²) in [6.45, 7) is 8.48. The molecule has 0 aliphatic carbocycles. The zero-order chi connectivity index (χ0) is 25.8. The summed E-state index contributed by atoms with van der Waals surface area (Å²) in [5, 5.41) is 4.42. The van der Waals surface area contributed by atoms with Gasteiger partial charge in [-0.05, 0) is 42.5 Å². The monoisotopic (exact) mass is 492 g/mol. The number of aryl methyl sites for hydroxylation is 1. The lowest BCUT2D eigenvalue weighted by Crippen LogP contribution is -2.25. The summed E-state index contributed by atoms with van der Waals surface area (Å²) in [6, 6.07) is 16.5. The lowest BCUT2D eigenvalue weighted by Gasteiger charge is -2.20. The van der Waals surface area contributed by atoms with E-state index >= 15 is 0 Å². The standard InChI is InChI=1S/C31H44N2O3/c1-5-7-8-9-10-14-20-33-28-21-26(32-22-25-16-12-11-13-17-25)18-19-27(28)29(35-4)30(31(33)34)36-23-24(3)15-6-2/h11-13,16-19,21,24,32H,5-10,14-15,20,22-23H2,1-4H3. The molecule has 0 saturated heterocycles. The Balaban J connectivity index is 1.93. The van der Waals surface area contributed by atoms with Gasteiger partial charge in [0, 0.05) is 24.2 Å². The first-order chi connectivity index (χ1) is 17.6. The number of ether oxygens (including phenoxy) is 2. The van der Waals surface area contributed by atoms with Gasteiger partial charge in [0.25, 0.3) is 5.56 Å². The van der Waals surface area contributed by atoms with Crippen molar-refractivity contribution < 1.29 is 9.47 Å². The molecule has 0 amide bonds. The van der Waals surface area contributed by atoms with Gasteiger partial charge in [-0.3, -0.25) is 4.79 Å². The lowest BCUT2D eigenvalue weighted by atomic mass is 10.1. The van der Waals surface area contributed by atoms with E-state index in [1.807, 2.05) is 28.8 Å². The zero-order valence-electron chi connectivity index (χ0n) is 22.6. The highest BCUT2D eigenvalue weighted by molar-refractivity contribution is 5.90. The molecule has 1 N–H and O–H groups in total. The van der Waals surface area contributed by atoms with Crippen LogP contribution in [0.25, 0.3) is 10.9 Å². The normalized spacial score (nSPS) is 12.0. The summed E-state index contributed by atoms with van der Waals surface area (Å²) in [6.07, 6.45) is 9.23. The molecule has 0 radical (unpaired) electrons. The molecule has 0 aliphatic rings. The van der Waals surface area contributed by atoms with Gasteiger partial charge in [-0.2, -0.15) is 0 Å². The summed E-state index contributed by atoms with van der Waals surface area (Å²) in [5.41, 5.74) is 2.98. The quantitative estimate of drug-likeness (QED) is 0.207. The third-order valence-electron chi connectivity index (χ3n) is 6.75. The number of hydrogen-bond donors (Lipinski definition) is 1. The van der Waals surface area contributed by atoms with E-state index in [1.54, 1.807) is 7.11 Å². The van der Waals surface area contributed by atoms with Crippen LogP contribution in [-0.4, -0.2) is 18.3 Å². The highest BCUT2D eigenvalue weighted by atomic mass is 16.5. The van der Waals surface area contributed by atoms with E-state index in [-0.39, 0.29) is 5.56 Å². The van der Waals surface area contributed by atoms with Crippen molar-refractivity contribution in [1.29, 1.82) is 0 Å². The SMILES string of the molecule is CCCCCCCCn1c(=O)c(OCC(C)CCC)c(OC)c2ccc(NCc3ccccc3)cc21. The lowest BCUT2D eigenvalue weighted by molar-refractivity contribution is 0.236. The number of nitrogens with zero attached hydrogens (tertiary/aromatic N) is 1. The number of hydrogen-bond acceptors (Lipinski definition) is 4. The predicted octanol–water partition coefficient (Wildman–Crippen LogP) is 7.80. The number of unbranched alkanes of at least 4 members (excludes halogenated alkanes) is 5. The van der Waals surface area contributed by atoms with Crippen LogP contribution in [-0.2, 0) is 13.1 Å². The molecule has 5 nitrogen and oxygen atoms in total. The fraction of sp³-hybridized carbons (Fsp3) is 0.516. The van der Waals surface area contributed by atoms with Crippen LogP contribution in [0.2, 0.25) is 0 Å². The van der Waals surface area contributed by atoms with E-state index in [4.69, 9.17) is 9.47 Å². The van der Waals surface area contributed by atoms with E-state index in [0.717, 1.165) is 48.8 Å². The second-order valence-electron chi connectivity index (χ2n) is 9.86. The van der Waals surface area contributed by atoms with E-state index in [0.29, 0.717) is 30.6 Å². The molecule has 0 saturated carbocycles. The number of nitrogens with one attached hydrogen (secondary N) is 1. The molecule has 0 aliphatic heterocycles. The van der Waals surface area contributed by atoms with Crippen molar-refractivity contribution >= 4 is 16.6 Å². The first-order valence-electron chi connectivity index (χ1n) is 13.7. The summed E-state index contributed by atoms with van der Waals surface area (Å²) in [7, 11) is 1.62. The predicted molar refractivity (Wildman–Crippen MR) is 151 cm³/mol. The van der Waals surface area contributed by atoms with Crippen LogP contribution in [0.15, 0.2) is 53.3 Å². The van der Waals surface area contributed by atoms with Crippen molar-refractivity contribution in [2.24, 2.45) is 5.92 Å². The van der Waals surface area contributed by atoms with Gasteiger partial charge in [0.15, 0.2) is 5.75 Å². The number of methoxy groups -OCH3 is 1. The maximum absolute atomic E-state index is 13.7. The number of benzene rings is 2. The summed E-state index contributed by atoms with van der Waals surface area (Å²) < 4.78 is 13.8. The van der Waals surface area contributed by atoms with Gasteiger partial charge in [-0.1, -0.05) is 89.6 Å². The average molecular weight is 493 g/mol. The second-order valence-corrected chi connectivity index (χ2v) is 9.86. The molecular weight excluding hydrogens is 448 g/mol. The molecule has 1 unspecified atom stereocenters. The Morgan fingerprint density at radius 2 is 1.67 bits per heavy atom. The van der Waals surface area contributed by atoms with Crippen molar-refractivity contribution in [2.45, 2.75) is 85.2 Å². The number of anilines is 1. The van der Waals surface area contributed by atoms with Crippen molar-refractivity contribution in [1.82, 2.24) is 4.57 Å². The molecule has 0 fully saturated rings. The van der Waals surface area contributed by atoms with Crippen LogP contribution >= 0.6 is 0 Å². The minimum absolute atomic E-state index is 0.100. The van der Waals surface area contributed by atoms with E-state index in [2.05, 4.69) is 50.4 Å². The van der Waals surface area contributed by atoms with Gasteiger partial charge in [-0.25, -0.2) is 0 Å². The van der Waals surface area contributed by atoms with Crippen LogP contribution in [0.1, 0.15) is 77.7 Å². The van der Waals surface area contributed by atoms with Gasteiger partial charge >= 0.3 is 0 Å². The van der Waals surface area contributed by atoms with E-state index < -0.39 is 0 Å². The molecule has 1 atom stereocenters. The summed E-state index contributed by atoms with van der Waals surface area (Å²) in [5.74, 6) is 1.25. The average Bonchev–Trinajstić information content (AvgIpc) is 2.90. The number of pyridine rings is 1. The van der Waals surface area contributed by atoms with Gasteiger partial charge in [-0.15, -0.1) is 0 Å². The third-order valence-corrected chi connectivity index (χ3v) is 6.75. The maximum Gasteiger partial charge on any atom is 0.297 e. The molecule has 36 heavy (non-hydrogen) atoms. The number of aromatic nitrogens is 1. The first-order valence-corrected chi connectivity index (χ1v) is 13.7. The van der Waals surface area contributed by atoms with Crippen LogP contribution in [0.3, 0.4) is 0 Å². The van der Waals surface area contributed by atoms with Gasteiger partial charge in [0.1, 0.15) is 0 Å². The molecule has 196 valence electrons. The minimum atomic E-state index is -0.100. The largest absolute Gasteiger partial charge is 0.492 e. The molecular formula is C31H44N2O3. The van der Waals surface area contributed by atoms with Crippen molar-refractivity contribution in [3.8, 4) is 11.5 Å². The highest BCUT2D eigenvalue weighted by Gasteiger charge is 2.20. The molecule has 2 aromatic carbocycles. The molecule has 5 heteroatoms. The fourth-order valence-corrected chi connectivity index (χ4v) is 4.71. The smallest absolute Gasteiger partial charge is 0.297 e. The number of fused-ring (bicyclic) bond motifs is 1. The Labute approximate surface area is 216 Å². The van der Waals surface area contributed by atoms with Gasteiger partial charge in [0.05, 0.1) is 19.2 Å². The molecule has 1 heterocycles. The Morgan fingerprint density at radius 1 is 0.917 bits per heavy atom. The van der Waals surface area contributed by atoms with Crippen molar-refractivity contribution in [2.75, 3.05) is 19.0 Å². The van der Waals surface area contributed by atoms with E-state index in [1.165, 1.54) is 31.2 Å². The Kier molecular flexibility index (Phi) is 11.2. The first kappa shape index (κ1) is 27.6. The molecule has 0 spiro atoms. The molecule has 3 rings (SSSR count). The summed E-state index contributed by atoms with van der Waals surface area (Å²) >= 11 is 0. The topological polar surface area (TPSA) is 52.5 Å². The van der Waals surface area contributed by atoms with Gasteiger partial charge < -0.3 is 19.4 Å². The van der Waals surface area contributed by atoms with Crippen molar-refractivity contribution in [3.63, 3.8) is 0 Å². The number of rotatable bonds is 16. The van der Waals surface area contributed by atoms with Crippen LogP contribution in [0.5, 0.6) is 11.5 Å². The molecule has 0 bridgehead atoms. The Bertz CT molecular complexity index is 1120. The third kappa shape index (κ3) is 7.52. The van der Waals surface area contributed by atoms with Crippen LogP contribution < -0.4 is 20.3 Å².